The summed E-state index contributed by atoms with van der Waals surface area (Å²) in [7, 11) is 0. The molecule has 1 aromatic carbocycles. The third-order valence-electron chi connectivity index (χ3n) is 3.82. The fraction of sp³-hybridized carbons (Fsp3) is 0.333. The number of nitrogens with zero attached hydrogens (tertiary/aromatic N) is 1. The minimum Gasteiger partial charge on any atom is -0.489 e. The van der Waals surface area contributed by atoms with Crippen molar-refractivity contribution in [1.82, 2.24) is 4.98 Å². The van der Waals surface area contributed by atoms with Crippen molar-refractivity contribution in [3.05, 3.63) is 59.4 Å². The fourth-order valence-corrected chi connectivity index (χ4v) is 2.92. The number of carbonyl (C=O) groups excluding carboxylic acids is 1. The summed E-state index contributed by atoms with van der Waals surface area (Å²) in [5.41, 5.74) is 3.09. The highest BCUT2D eigenvalue weighted by atomic mass is 16.5. The molecule has 3 rings (SSSR count). The molecule has 3 heteroatoms. The molecule has 1 heterocycles. The lowest BCUT2D eigenvalue weighted by atomic mass is 9.93. The summed E-state index contributed by atoms with van der Waals surface area (Å²) in [5, 5.41) is 0. The summed E-state index contributed by atoms with van der Waals surface area (Å²) in [6.07, 6.45) is 5.22. The molecule has 2 aromatic rings. The average Bonchev–Trinajstić information content (AvgIpc) is 2.90. The van der Waals surface area contributed by atoms with Crippen LogP contribution in [0.25, 0.3) is 0 Å². The van der Waals surface area contributed by atoms with E-state index in [0.29, 0.717) is 11.3 Å². The van der Waals surface area contributed by atoms with Crippen LogP contribution in [-0.2, 0) is 6.42 Å². The molecule has 1 unspecified atom stereocenters. The normalized spacial score (nSPS) is 16.8. The molecule has 108 valence electrons. The average molecular weight is 281 g/mol. The van der Waals surface area contributed by atoms with Crippen LogP contribution in [0.5, 0.6) is 5.75 Å². The largest absolute Gasteiger partial charge is 0.489 e. The van der Waals surface area contributed by atoms with Gasteiger partial charge in [-0.05, 0) is 43.9 Å². The Morgan fingerprint density at radius 2 is 2.10 bits per heavy atom. The fourth-order valence-electron chi connectivity index (χ4n) is 2.92. The van der Waals surface area contributed by atoms with E-state index in [1.165, 1.54) is 5.56 Å². The van der Waals surface area contributed by atoms with Gasteiger partial charge >= 0.3 is 0 Å². The van der Waals surface area contributed by atoms with E-state index in [0.717, 1.165) is 18.4 Å². The van der Waals surface area contributed by atoms with Crippen LogP contribution in [0.15, 0.2) is 42.7 Å². The molecule has 0 N–H and O–H groups in total. The van der Waals surface area contributed by atoms with Gasteiger partial charge in [0, 0.05) is 17.7 Å². The van der Waals surface area contributed by atoms with Gasteiger partial charge in [0.05, 0.1) is 12.3 Å². The molecule has 1 aliphatic rings. The lowest BCUT2D eigenvalue weighted by molar-refractivity contribution is 0.0958. The molecule has 0 fully saturated rings. The molecule has 0 bridgehead atoms. The van der Waals surface area contributed by atoms with Crippen molar-refractivity contribution in [1.29, 1.82) is 0 Å². The Bertz CT molecular complexity index is 664. The quantitative estimate of drug-likeness (QED) is 0.801. The van der Waals surface area contributed by atoms with E-state index in [-0.39, 0.29) is 17.8 Å². The van der Waals surface area contributed by atoms with Gasteiger partial charge in [0.1, 0.15) is 5.75 Å². The molecule has 1 aliphatic carbocycles. The van der Waals surface area contributed by atoms with Crippen LogP contribution in [0.3, 0.4) is 0 Å². The lowest BCUT2D eigenvalue weighted by Crippen LogP contribution is -2.12. The van der Waals surface area contributed by atoms with Crippen LogP contribution >= 0.6 is 0 Å². The second-order valence-electron chi connectivity index (χ2n) is 5.73. The number of ketones is 1. The Labute approximate surface area is 125 Å². The first-order valence-electron chi connectivity index (χ1n) is 7.39. The number of aromatic nitrogens is 1. The molecule has 21 heavy (non-hydrogen) atoms. The zero-order valence-corrected chi connectivity index (χ0v) is 12.4. The van der Waals surface area contributed by atoms with Gasteiger partial charge < -0.3 is 4.74 Å². The number of aryl methyl sites for hydroxylation is 1. The van der Waals surface area contributed by atoms with Crippen LogP contribution < -0.4 is 4.74 Å². The smallest absolute Gasteiger partial charge is 0.172 e. The van der Waals surface area contributed by atoms with Crippen molar-refractivity contribution in [3.8, 4) is 5.75 Å². The molecule has 0 saturated carbocycles. The second kappa shape index (κ2) is 5.68. The first-order chi connectivity index (χ1) is 10.1. The van der Waals surface area contributed by atoms with Crippen LogP contribution in [0, 0.1) is 0 Å². The maximum absolute atomic E-state index is 12.8. The van der Waals surface area contributed by atoms with Gasteiger partial charge in [-0.15, -0.1) is 0 Å². The number of pyridine rings is 1. The summed E-state index contributed by atoms with van der Waals surface area (Å²) < 4.78 is 5.62. The lowest BCUT2D eigenvalue weighted by Gasteiger charge is -2.13. The second-order valence-corrected chi connectivity index (χ2v) is 5.73. The Morgan fingerprint density at radius 1 is 1.29 bits per heavy atom. The minimum absolute atomic E-state index is 0.0442. The minimum atomic E-state index is -0.0442. The van der Waals surface area contributed by atoms with Crippen LogP contribution in [0.2, 0.25) is 0 Å². The van der Waals surface area contributed by atoms with Gasteiger partial charge in [-0.1, -0.05) is 24.3 Å². The highest BCUT2D eigenvalue weighted by Gasteiger charge is 2.29. The van der Waals surface area contributed by atoms with Gasteiger partial charge in [-0.3, -0.25) is 9.78 Å². The number of benzene rings is 1. The van der Waals surface area contributed by atoms with Crippen LogP contribution in [0.4, 0.5) is 0 Å². The molecule has 1 aromatic heterocycles. The van der Waals surface area contributed by atoms with E-state index in [4.69, 9.17) is 4.74 Å². The number of hydrogen-bond acceptors (Lipinski definition) is 3. The molecule has 0 spiro atoms. The predicted octanol–water partition coefficient (Wildman–Crippen LogP) is 3.78. The van der Waals surface area contributed by atoms with Crippen LogP contribution in [0.1, 0.15) is 47.7 Å². The van der Waals surface area contributed by atoms with E-state index in [1.807, 2.05) is 26.0 Å². The van der Waals surface area contributed by atoms with E-state index in [2.05, 4.69) is 17.1 Å². The molecule has 0 radical (unpaired) electrons. The number of carbonyl (C=O) groups is 1. The van der Waals surface area contributed by atoms with Crippen molar-refractivity contribution >= 4 is 5.78 Å². The van der Waals surface area contributed by atoms with Crippen LogP contribution in [-0.4, -0.2) is 16.9 Å². The summed E-state index contributed by atoms with van der Waals surface area (Å²) in [6, 6.07) is 10.0. The van der Waals surface area contributed by atoms with Crippen molar-refractivity contribution in [3.63, 3.8) is 0 Å². The maximum Gasteiger partial charge on any atom is 0.172 e. The maximum atomic E-state index is 12.8. The van der Waals surface area contributed by atoms with Gasteiger partial charge in [0.2, 0.25) is 0 Å². The number of hydrogen-bond donors (Lipinski definition) is 0. The standard InChI is InChI=1S/C18H19NO2/c1-12(2)21-15-9-14(10-19-11-15)18(20)17-8-7-13-5-3-4-6-16(13)17/h3-6,9-12,17H,7-8H2,1-2H3. The first-order valence-corrected chi connectivity index (χ1v) is 7.39. The number of Topliss-reactive ketones (excluding diaryl/α,β-unsaturated/α-hetero) is 1. The van der Waals surface area contributed by atoms with E-state index < -0.39 is 0 Å². The predicted molar refractivity (Wildman–Crippen MR) is 81.8 cm³/mol. The van der Waals surface area contributed by atoms with Crippen molar-refractivity contribution in [2.24, 2.45) is 0 Å². The van der Waals surface area contributed by atoms with Crippen molar-refractivity contribution in [2.75, 3.05) is 0 Å². The topological polar surface area (TPSA) is 39.2 Å². The van der Waals surface area contributed by atoms with Gasteiger partial charge in [0.25, 0.3) is 0 Å². The van der Waals surface area contributed by atoms with Gasteiger partial charge in [0.15, 0.2) is 5.78 Å². The first kappa shape index (κ1) is 13.8. The van der Waals surface area contributed by atoms with Crippen molar-refractivity contribution < 1.29 is 9.53 Å². The molecular weight excluding hydrogens is 262 g/mol. The number of fused-ring (bicyclic) bond motifs is 1. The monoisotopic (exact) mass is 281 g/mol. The van der Waals surface area contributed by atoms with Gasteiger partial charge in [-0.25, -0.2) is 0 Å². The third-order valence-corrected chi connectivity index (χ3v) is 3.82. The SMILES string of the molecule is CC(C)Oc1cncc(C(=O)C2CCc3ccccc32)c1. The zero-order valence-electron chi connectivity index (χ0n) is 12.4. The summed E-state index contributed by atoms with van der Waals surface area (Å²) in [4.78, 5) is 16.9. The summed E-state index contributed by atoms with van der Waals surface area (Å²) in [6.45, 7) is 3.92. The van der Waals surface area contributed by atoms with E-state index in [1.54, 1.807) is 18.5 Å². The zero-order chi connectivity index (χ0) is 14.8. The van der Waals surface area contributed by atoms with E-state index >= 15 is 0 Å². The molecule has 0 amide bonds. The highest BCUT2D eigenvalue weighted by molar-refractivity contribution is 6.01. The number of ether oxygens (including phenoxy) is 1. The Kier molecular flexibility index (Phi) is 3.74. The Balaban J connectivity index is 1.86. The molecule has 0 aliphatic heterocycles. The Morgan fingerprint density at radius 3 is 2.90 bits per heavy atom. The van der Waals surface area contributed by atoms with E-state index in [9.17, 15) is 4.79 Å². The number of rotatable bonds is 4. The highest BCUT2D eigenvalue weighted by Crippen LogP contribution is 2.35. The summed E-state index contributed by atoms with van der Waals surface area (Å²) in [5.74, 6) is 0.751. The molecule has 3 nitrogen and oxygen atoms in total. The molecular formula is C18H19NO2. The third kappa shape index (κ3) is 2.82. The van der Waals surface area contributed by atoms with Crippen molar-refractivity contribution in [2.45, 2.75) is 38.7 Å². The molecule has 0 saturated heterocycles. The Hall–Kier alpha value is -2.16. The van der Waals surface area contributed by atoms with Gasteiger partial charge in [-0.2, -0.15) is 0 Å². The summed E-state index contributed by atoms with van der Waals surface area (Å²) >= 11 is 0. The molecule has 1 atom stereocenters.